The van der Waals surface area contributed by atoms with Crippen LogP contribution < -0.4 is 15.5 Å². The average molecular weight is 393 g/mol. The molecule has 1 aromatic heterocycles. The predicted molar refractivity (Wildman–Crippen MR) is 110 cm³/mol. The molecule has 1 unspecified atom stereocenters. The van der Waals surface area contributed by atoms with Crippen LogP contribution in [-0.4, -0.2) is 17.6 Å². The number of carbonyl (C=O) groups is 1. The lowest BCUT2D eigenvalue weighted by Crippen LogP contribution is -3.10. The number of amides is 1. The molecular weight excluding hydrogens is 370 g/mol. The van der Waals surface area contributed by atoms with Crippen molar-refractivity contribution in [2.24, 2.45) is 0 Å². The van der Waals surface area contributed by atoms with E-state index in [1.54, 1.807) is 23.5 Å². The van der Waals surface area contributed by atoms with Gasteiger partial charge in [0.1, 0.15) is 30.0 Å². The molecule has 2 atom stereocenters. The third-order valence-corrected chi connectivity index (χ3v) is 6.69. The molecule has 2 aliphatic heterocycles. The van der Waals surface area contributed by atoms with E-state index in [0.717, 1.165) is 42.2 Å². The Labute approximate surface area is 167 Å². The van der Waals surface area contributed by atoms with Crippen LogP contribution in [0.5, 0.6) is 5.75 Å². The van der Waals surface area contributed by atoms with Gasteiger partial charge in [0.05, 0.1) is 17.0 Å². The zero-order valence-electron chi connectivity index (χ0n) is 15.4. The van der Waals surface area contributed by atoms with Crippen LogP contribution in [-0.2, 0) is 19.5 Å². The predicted octanol–water partition coefficient (Wildman–Crippen LogP) is 2.45. The van der Waals surface area contributed by atoms with E-state index in [0.29, 0.717) is 0 Å². The van der Waals surface area contributed by atoms with Crippen molar-refractivity contribution in [1.29, 1.82) is 0 Å². The van der Waals surface area contributed by atoms with Gasteiger partial charge < -0.3 is 20.6 Å². The molecule has 0 saturated heterocycles. The van der Waals surface area contributed by atoms with E-state index in [2.05, 4.69) is 41.0 Å². The molecule has 28 heavy (non-hydrogen) atoms. The summed E-state index contributed by atoms with van der Waals surface area (Å²) in [4.78, 5) is 15.7. The first kappa shape index (κ1) is 17.3. The lowest BCUT2D eigenvalue weighted by atomic mass is 10.00. The third-order valence-electron chi connectivity index (χ3n) is 5.53. The molecule has 0 fully saturated rings. The molecule has 0 aliphatic carbocycles. The molecule has 5 rings (SSSR count). The summed E-state index contributed by atoms with van der Waals surface area (Å²) in [5.41, 5.74) is 4.32. The van der Waals surface area contributed by atoms with E-state index < -0.39 is 0 Å². The molecule has 2 aliphatic rings. The van der Waals surface area contributed by atoms with E-state index in [1.165, 1.54) is 20.9 Å². The first-order valence-corrected chi connectivity index (χ1v) is 10.4. The SMILES string of the molecule is O=C1N[C@@H](c2ccc(O)cc2)Nc2sc3c(c21)CC[NH+](Cc1ccccc1)C3. The standard InChI is InChI=1S/C22H21N3O2S/c26-16-8-6-15(7-9-16)20-23-21(27)19-17-10-11-25(12-14-4-2-1-3-5-14)13-18(17)28-22(19)24-20/h1-9,20,24,26H,10-13H2,(H,23,27)/p+1/t20-/m1/s1. The van der Waals surface area contributed by atoms with Crippen molar-refractivity contribution in [1.82, 2.24) is 5.32 Å². The summed E-state index contributed by atoms with van der Waals surface area (Å²) in [6.45, 7) is 3.01. The Kier molecular flexibility index (Phi) is 4.30. The summed E-state index contributed by atoms with van der Waals surface area (Å²) >= 11 is 1.72. The number of thiophene rings is 1. The molecule has 0 saturated carbocycles. The quantitative estimate of drug-likeness (QED) is 0.554. The van der Waals surface area contributed by atoms with Crippen molar-refractivity contribution < 1.29 is 14.8 Å². The van der Waals surface area contributed by atoms with Crippen molar-refractivity contribution >= 4 is 22.2 Å². The largest absolute Gasteiger partial charge is 0.508 e. The van der Waals surface area contributed by atoms with Crippen molar-refractivity contribution in [3.05, 3.63) is 81.7 Å². The van der Waals surface area contributed by atoms with E-state index in [9.17, 15) is 9.90 Å². The molecule has 2 aromatic carbocycles. The Hall–Kier alpha value is -2.83. The number of anilines is 1. The van der Waals surface area contributed by atoms with Gasteiger partial charge in [0, 0.05) is 12.0 Å². The fourth-order valence-corrected chi connectivity index (χ4v) is 5.46. The van der Waals surface area contributed by atoms with Crippen molar-refractivity contribution in [3.63, 3.8) is 0 Å². The maximum Gasteiger partial charge on any atom is 0.256 e. The summed E-state index contributed by atoms with van der Waals surface area (Å²) in [6.07, 6.45) is 0.663. The molecule has 6 heteroatoms. The Morgan fingerprint density at radius 2 is 1.86 bits per heavy atom. The number of carbonyl (C=O) groups excluding carboxylic acids is 1. The fourth-order valence-electron chi connectivity index (χ4n) is 4.12. The van der Waals surface area contributed by atoms with Crippen LogP contribution in [0.4, 0.5) is 5.00 Å². The topological polar surface area (TPSA) is 65.8 Å². The highest BCUT2D eigenvalue weighted by Gasteiger charge is 2.34. The van der Waals surface area contributed by atoms with Gasteiger partial charge in [-0.1, -0.05) is 42.5 Å². The van der Waals surface area contributed by atoms with Crippen LogP contribution in [0.25, 0.3) is 0 Å². The smallest absolute Gasteiger partial charge is 0.256 e. The second-order valence-corrected chi connectivity index (χ2v) is 8.54. The highest BCUT2D eigenvalue weighted by Crippen LogP contribution is 2.39. The van der Waals surface area contributed by atoms with E-state index in [1.807, 2.05) is 12.1 Å². The molecule has 0 radical (unpaired) electrons. The van der Waals surface area contributed by atoms with Gasteiger partial charge >= 0.3 is 0 Å². The number of phenols is 1. The second kappa shape index (κ2) is 6.96. The summed E-state index contributed by atoms with van der Waals surface area (Å²) in [5.74, 6) is 0.218. The number of benzene rings is 2. The van der Waals surface area contributed by atoms with E-state index in [-0.39, 0.29) is 17.8 Å². The van der Waals surface area contributed by atoms with Gasteiger partial charge in [0.2, 0.25) is 0 Å². The van der Waals surface area contributed by atoms with Crippen LogP contribution in [0.15, 0.2) is 54.6 Å². The first-order chi connectivity index (χ1) is 13.7. The summed E-state index contributed by atoms with van der Waals surface area (Å²) < 4.78 is 0. The maximum atomic E-state index is 12.8. The van der Waals surface area contributed by atoms with Crippen LogP contribution in [0, 0.1) is 0 Å². The van der Waals surface area contributed by atoms with E-state index in [4.69, 9.17) is 0 Å². The Morgan fingerprint density at radius 3 is 2.64 bits per heavy atom. The first-order valence-electron chi connectivity index (χ1n) is 9.56. The molecule has 3 aromatic rings. The number of phenolic OH excluding ortho intramolecular Hbond substituents is 1. The minimum Gasteiger partial charge on any atom is -0.508 e. The van der Waals surface area contributed by atoms with Gasteiger partial charge in [-0.3, -0.25) is 4.79 Å². The number of nitrogens with one attached hydrogen (secondary N) is 3. The van der Waals surface area contributed by atoms with Crippen molar-refractivity contribution in [2.75, 3.05) is 11.9 Å². The molecule has 5 nitrogen and oxygen atoms in total. The lowest BCUT2D eigenvalue weighted by molar-refractivity contribution is -0.929. The molecule has 142 valence electrons. The molecule has 0 bridgehead atoms. The monoisotopic (exact) mass is 392 g/mol. The van der Waals surface area contributed by atoms with Gasteiger partial charge in [0.25, 0.3) is 5.91 Å². The summed E-state index contributed by atoms with van der Waals surface area (Å²) in [7, 11) is 0. The van der Waals surface area contributed by atoms with Crippen LogP contribution >= 0.6 is 11.3 Å². The minimum absolute atomic E-state index is 0.00386. The van der Waals surface area contributed by atoms with Gasteiger partial charge in [-0.2, -0.15) is 0 Å². The second-order valence-electron chi connectivity index (χ2n) is 7.44. The maximum absolute atomic E-state index is 12.8. The Balaban J connectivity index is 1.38. The van der Waals surface area contributed by atoms with Gasteiger partial charge in [0.15, 0.2) is 0 Å². The van der Waals surface area contributed by atoms with Gasteiger partial charge in [-0.15, -0.1) is 11.3 Å². The van der Waals surface area contributed by atoms with Gasteiger partial charge in [-0.25, -0.2) is 0 Å². The number of fused-ring (bicyclic) bond motifs is 3. The van der Waals surface area contributed by atoms with Crippen LogP contribution in [0.2, 0.25) is 0 Å². The lowest BCUT2D eigenvalue weighted by Gasteiger charge is -2.27. The number of hydrogen-bond donors (Lipinski definition) is 4. The number of hydrogen-bond acceptors (Lipinski definition) is 4. The molecule has 4 N–H and O–H groups in total. The number of quaternary nitrogens is 1. The third kappa shape index (κ3) is 3.15. The average Bonchev–Trinajstić information content (AvgIpc) is 3.07. The van der Waals surface area contributed by atoms with Gasteiger partial charge in [-0.05, 0) is 23.3 Å². The normalized spacial score (nSPS) is 20.6. The highest BCUT2D eigenvalue weighted by molar-refractivity contribution is 7.16. The molecule has 1 amide bonds. The molecule has 3 heterocycles. The highest BCUT2D eigenvalue weighted by atomic mass is 32.1. The fraction of sp³-hybridized carbons (Fsp3) is 0.227. The zero-order chi connectivity index (χ0) is 19.1. The minimum atomic E-state index is -0.270. The zero-order valence-corrected chi connectivity index (χ0v) is 16.2. The van der Waals surface area contributed by atoms with Crippen molar-refractivity contribution in [2.45, 2.75) is 25.7 Å². The molecule has 0 spiro atoms. The Morgan fingerprint density at radius 1 is 1.07 bits per heavy atom. The van der Waals surface area contributed by atoms with E-state index >= 15 is 0 Å². The van der Waals surface area contributed by atoms with Crippen molar-refractivity contribution in [3.8, 4) is 5.75 Å². The Bertz CT molecular complexity index is 1010. The van der Waals surface area contributed by atoms with Crippen LogP contribution in [0.3, 0.4) is 0 Å². The summed E-state index contributed by atoms with van der Waals surface area (Å²) in [5, 5.41) is 17.0. The summed E-state index contributed by atoms with van der Waals surface area (Å²) in [6, 6.07) is 17.5. The number of aromatic hydroxyl groups is 1. The number of rotatable bonds is 3. The molecular formula is C22H22N3O2S+. The van der Waals surface area contributed by atoms with Crippen LogP contribution in [0.1, 0.15) is 38.1 Å².